The molecule has 2 fully saturated rings. The molecule has 2 N–H and O–H groups in total. The lowest BCUT2D eigenvalue weighted by atomic mass is 9.95. The van der Waals surface area contributed by atoms with Crippen LogP contribution in [0.3, 0.4) is 0 Å². The fourth-order valence-corrected chi connectivity index (χ4v) is 4.68. The Balaban J connectivity index is 1.36. The van der Waals surface area contributed by atoms with Crippen LogP contribution in [-0.4, -0.2) is 84.6 Å². The van der Waals surface area contributed by atoms with Gasteiger partial charge in [0.1, 0.15) is 12.4 Å². The molecule has 3 aliphatic heterocycles. The Hall–Kier alpha value is -2.37. The minimum atomic E-state index is -4.61. The zero-order valence-electron chi connectivity index (χ0n) is 18.0. The smallest absolute Gasteiger partial charge is 0.402 e. The van der Waals surface area contributed by atoms with Gasteiger partial charge in [0.15, 0.2) is 5.92 Å². The standard InChI is InChI=1S/C21H28F3N5O3/c1-14(30)28-7-5-27(6-8-28)9-10-32-18-4-2-3-15-12-29(13-16(15)18)17-11-25-26-20(31)19(17)21(22,23)24/h2-4,17,19,25H,5-13H2,1H3,(H,26,31). The molecule has 8 nitrogen and oxygen atoms in total. The molecule has 0 saturated carbocycles. The normalized spacial score (nSPS) is 24.9. The molecule has 2 amide bonds. The number of benzene rings is 1. The quantitative estimate of drug-likeness (QED) is 0.682. The summed E-state index contributed by atoms with van der Waals surface area (Å²) in [7, 11) is 0. The fraction of sp³-hybridized carbons (Fsp3) is 0.619. The molecule has 176 valence electrons. The number of nitrogens with one attached hydrogen (secondary N) is 2. The van der Waals surface area contributed by atoms with Crippen LogP contribution in [0.25, 0.3) is 0 Å². The molecule has 1 aromatic rings. The van der Waals surface area contributed by atoms with Crippen LogP contribution in [0.2, 0.25) is 0 Å². The SMILES string of the molecule is CC(=O)N1CCN(CCOc2cccc3c2CN(C2CNNC(=O)C2C(F)(F)F)C3)CC1. The highest BCUT2D eigenvalue weighted by Gasteiger charge is 2.53. The summed E-state index contributed by atoms with van der Waals surface area (Å²) in [5.41, 5.74) is 6.49. The Morgan fingerprint density at radius 2 is 1.94 bits per heavy atom. The van der Waals surface area contributed by atoms with Crippen molar-refractivity contribution in [1.82, 2.24) is 25.6 Å². The van der Waals surface area contributed by atoms with E-state index in [9.17, 15) is 22.8 Å². The van der Waals surface area contributed by atoms with E-state index in [1.807, 2.05) is 23.1 Å². The van der Waals surface area contributed by atoms with Gasteiger partial charge in [0, 0.05) is 70.9 Å². The van der Waals surface area contributed by atoms with Gasteiger partial charge in [-0.15, -0.1) is 0 Å². The summed E-state index contributed by atoms with van der Waals surface area (Å²) in [5.74, 6) is -2.37. The van der Waals surface area contributed by atoms with Crippen molar-refractivity contribution in [3.63, 3.8) is 0 Å². The maximum Gasteiger partial charge on any atom is 0.402 e. The average Bonchev–Trinajstić information content (AvgIpc) is 3.18. The maximum atomic E-state index is 13.5. The number of alkyl halides is 3. The van der Waals surface area contributed by atoms with Crippen LogP contribution in [0.5, 0.6) is 5.75 Å². The van der Waals surface area contributed by atoms with Crippen molar-refractivity contribution in [1.29, 1.82) is 0 Å². The molecule has 32 heavy (non-hydrogen) atoms. The molecule has 2 unspecified atom stereocenters. The second-order valence-electron chi connectivity index (χ2n) is 8.45. The third-order valence-electron chi connectivity index (χ3n) is 6.46. The van der Waals surface area contributed by atoms with Crippen molar-refractivity contribution >= 4 is 11.8 Å². The number of fused-ring (bicyclic) bond motifs is 1. The summed E-state index contributed by atoms with van der Waals surface area (Å²) >= 11 is 0. The van der Waals surface area contributed by atoms with E-state index < -0.39 is 24.0 Å². The topological polar surface area (TPSA) is 77.2 Å². The molecule has 3 aliphatic rings. The number of halogens is 3. The van der Waals surface area contributed by atoms with Gasteiger partial charge in [-0.05, 0) is 11.6 Å². The fourth-order valence-electron chi connectivity index (χ4n) is 4.68. The molecule has 3 heterocycles. The zero-order valence-corrected chi connectivity index (χ0v) is 18.0. The number of ether oxygens (including phenoxy) is 1. The van der Waals surface area contributed by atoms with Crippen molar-refractivity contribution in [2.45, 2.75) is 32.2 Å². The number of hydrogen-bond donors (Lipinski definition) is 2. The summed E-state index contributed by atoms with van der Waals surface area (Å²) in [4.78, 5) is 29.1. The van der Waals surface area contributed by atoms with Crippen LogP contribution in [0.4, 0.5) is 13.2 Å². The van der Waals surface area contributed by atoms with Crippen LogP contribution >= 0.6 is 0 Å². The number of carbonyl (C=O) groups excluding carboxylic acids is 2. The largest absolute Gasteiger partial charge is 0.492 e. The highest BCUT2D eigenvalue weighted by molar-refractivity contribution is 5.80. The Labute approximate surface area is 184 Å². The molecule has 0 spiro atoms. The molecule has 2 atom stereocenters. The van der Waals surface area contributed by atoms with E-state index in [0.717, 1.165) is 24.2 Å². The van der Waals surface area contributed by atoms with Crippen molar-refractivity contribution < 1.29 is 27.5 Å². The third kappa shape index (κ3) is 4.84. The van der Waals surface area contributed by atoms with Crippen molar-refractivity contribution in [2.75, 3.05) is 45.9 Å². The van der Waals surface area contributed by atoms with Crippen LogP contribution < -0.4 is 15.6 Å². The lowest BCUT2D eigenvalue weighted by molar-refractivity contribution is -0.201. The Morgan fingerprint density at radius 1 is 1.19 bits per heavy atom. The molecule has 0 aliphatic carbocycles. The monoisotopic (exact) mass is 455 g/mol. The number of piperazine rings is 1. The molecule has 1 aromatic carbocycles. The molecule has 0 aromatic heterocycles. The van der Waals surface area contributed by atoms with E-state index in [1.54, 1.807) is 11.8 Å². The third-order valence-corrected chi connectivity index (χ3v) is 6.46. The number of rotatable bonds is 5. The number of hydrazine groups is 1. The van der Waals surface area contributed by atoms with Gasteiger partial charge in [-0.2, -0.15) is 13.2 Å². The summed E-state index contributed by atoms with van der Waals surface area (Å²) in [6.07, 6.45) is -4.61. The first-order chi connectivity index (χ1) is 15.2. The van der Waals surface area contributed by atoms with Crippen LogP contribution in [0, 0.1) is 5.92 Å². The lowest BCUT2D eigenvalue weighted by Gasteiger charge is -2.38. The minimum Gasteiger partial charge on any atom is -0.492 e. The van der Waals surface area contributed by atoms with Gasteiger partial charge < -0.3 is 9.64 Å². The van der Waals surface area contributed by atoms with Gasteiger partial charge in [0.2, 0.25) is 11.8 Å². The van der Waals surface area contributed by atoms with Gasteiger partial charge >= 0.3 is 6.18 Å². The van der Waals surface area contributed by atoms with Crippen LogP contribution in [0.15, 0.2) is 18.2 Å². The van der Waals surface area contributed by atoms with Gasteiger partial charge in [0.05, 0.1) is 0 Å². The highest BCUT2D eigenvalue weighted by atomic mass is 19.4. The van der Waals surface area contributed by atoms with E-state index >= 15 is 0 Å². The molecular formula is C21H28F3N5O3. The first-order valence-electron chi connectivity index (χ1n) is 10.8. The summed E-state index contributed by atoms with van der Waals surface area (Å²) < 4.78 is 46.7. The van der Waals surface area contributed by atoms with E-state index in [2.05, 4.69) is 15.8 Å². The van der Waals surface area contributed by atoms with Gasteiger partial charge in [-0.3, -0.25) is 24.8 Å². The van der Waals surface area contributed by atoms with Crippen LogP contribution in [0.1, 0.15) is 18.1 Å². The first kappa shape index (κ1) is 22.8. The van der Waals surface area contributed by atoms with Gasteiger partial charge in [-0.25, -0.2) is 5.43 Å². The zero-order chi connectivity index (χ0) is 22.9. The first-order valence-corrected chi connectivity index (χ1v) is 10.8. The highest BCUT2D eigenvalue weighted by Crippen LogP contribution is 2.38. The van der Waals surface area contributed by atoms with E-state index in [1.165, 1.54) is 0 Å². The summed E-state index contributed by atoms with van der Waals surface area (Å²) in [6, 6.07) is 4.59. The van der Waals surface area contributed by atoms with E-state index in [4.69, 9.17) is 4.74 Å². The van der Waals surface area contributed by atoms with E-state index in [-0.39, 0.29) is 12.5 Å². The number of nitrogens with zero attached hydrogens (tertiary/aromatic N) is 3. The Bertz CT molecular complexity index is 858. The number of amides is 2. The maximum absolute atomic E-state index is 13.5. The Kier molecular flexibility index (Phi) is 6.59. The number of hydrogen-bond acceptors (Lipinski definition) is 6. The molecule has 11 heteroatoms. The average molecular weight is 455 g/mol. The number of carbonyl (C=O) groups is 2. The second-order valence-corrected chi connectivity index (χ2v) is 8.45. The lowest BCUT2D eigenvalue weighted by Crippen LogP contribution is -2.63. The summed E-state index contributed by atoms with van der Waals surface area (Å²) in [5, 5.41) is 0. The van der Waals surface area contributed by atoms with Crippen molar-refractivity contribution in [3.8, 4) is 5.75 Å². The molecule has 4 rings (SSSR count). The van der Waals surface area contributed by atoms with Gasteiger partial charge in [0.25, 0.3) is 0 Å². The van der Waals surface area contributed by atoms with Crippen molar-refractivity contribution in [3.05, 3.63) is 29.3 Å². The molecule has 0 bridgehead atoms. The van der Waals surface area contributed by atoms with Crippen LogP contribution in [-0.2, 0) is 22.7 Å². The van der Waals surface area contributed by atoms with Crippen molar-refractivity contribution in [2.24, 2.45) is 5.92 Å². The molecule has 0 radical (unpaired) electrons. The van der Waals surface area contributed by atoms with Gasteiger partial charge in [-0.1, -0.05) is 12.1 Å². The second kappa shape index (κ2) is 9.24. The molecular weight excluding hydrogens is 427 g/mol. The predicted molar refractivity (Wildman–Crippen MR) is 109 cm³/mol. The Morgan fingerprint density at radius 3 is 2.62 bits per heavy atom. The van der Waals surface area contributed by atoms with E-state index in [0.29, 0.717) is 45.1 Å². The summed E-state index contributed by atoms with van der Waals surface area (Å²) in [6.45, 7) is 6.39. The predicted octanol–water partition coefficient (Wildman–Crippen LogP) is 0.727. The molecule has 2 saturated heterocycles. The minimum absolute atomic E-state index is 0.0202.